The third-order valence-electron chi connectivity index (χ3n) is 8.69. The molecule has 1 atom stereocenters. The molecule has 0 saturated carbocycles. The Kier molecular flexibility index (Phi) is 7.75. The molecular weight excluding hydrogens is 532 g/mol. The van der Waals surface area contributed by atoms with Crippen molar-refractivity contribution in [3.8, 4) is 0 Å². The van der Waals surface area contributed by atoms with Crippen LogP contribution in [0.2, 0.25) is 0 Å². The van der Waals surface area contributed by atoms with E-state index < -0.39 is 11.6 Å². The van der Waals surface area contributed by atoms with Crippen molar-refractivity contribution < 1.29 is 23.9 Å². The zero-order chi connectivity index (χ0) is 29.1. The first-order chi connectivity index (χ1) is 20.4. The Labute approximate surface area is 244 Å². The Bertz CT molecular complexity index is 1440. The van der Waals surface area contributed by atoms with Crippen LogP contribution in [0.25, 0.3) is 0 Å². The number of piperidine rings is 3. The molecule has 0 aliphatic carbocycles. The smallest absolute Gasteiger partial charge is 0.408 e. The lowest BCUT2D eigenvalue weighted by atomic mass is 9.82. The highest BCUT2D eigenvalue weighted by Gasteiger charge is 2.49. The molecule has 9 heteroatoms. The molecule has 0 spiro atoms. The van der Waals surface area contributed by atoms with Crippen molar-refractivity contribution in [1.82, 2.24) is 20.4 Å². The minimum absolute atomic E-state index is 0.0931. The zero-order valence-corrected chi connectivity index (χ0v) is 23.3. The normalized spacial score (nSPS) is 22.0. The standard InChI is InChI=1S/C33H34N4O5/c38-20-24-8-10-26(11-9-24)30(39)34-18-23-6-12-27(13-7-23)31(40)37-21-33(22-37,28-4-2-1-3-5-28)35-32(41)42-29-19-36-16-14-25(29)15-17-36/h1-13,20,25,29H,14-19,21-22H2,(H,34,39)(H,35,41)/t29-/m0/s1. The van der Waals surface area contributed by atoms with Crippen molar-refractivity contribution in [3.05, 3.63) is 107 Å². The molecule has 3 aromatic carbocycles. The number of carbonyl (C=O) groups is 4. The molecule has 0 radical (unpaired) electrons. The number of alkyl carbamates (subject to hydrolysis) is 1. The van der Waals surface area contributed by atoms with Gasteiger partial charge in [-0.3, -0.25) is 19.3 Å². The number of rotatable bonds is 8. The molecule has 4 saturated heterocycles. The van der Waals surface area contributed by atoms with Crippen LogP contribution in [0.1, 0.15) is 55.0 Å². The molecule has 2 bridgehead atoms. The number of aldehydes is 1. The highest BCUT2D eigenvalue weighted by atomic mass is 16.6. The maximum atomic E-state index is 13.3. The van der Waals surface area contributed by atoms with Crippen LogP contribution in [0.3, 0.4) is 0 Å². The number of hydrogen-bond donors (Lipinski definition) is 2. The highest BCUT2D eigenvalue weighted by Crippen LogP contribution is 2.34. The van der Waals surface area contributed by atoms with E-state index in [1.807, 2.05) is 42.5 Å². The monoisotopic (exact) mass is 566 g/mol. The number of ether oxygens (including phenoxy) is 1. The van der Waals surface area contributed by atoms with E-state index in [1.54, 1.807) is 41.3 Å². The number of amides is 3. The fourth-order valence-electron chi connectivity index (χ4n) is 6.19. The van der Waals surface area contributed by atoms with Gasteiger partial charge >= 0.3 is 6.09 Å². The van der Waals surface area contributed by atoms with Gasteiger partial charge < -0.3 is 20.3 Å². The zero-order valence-electron chi connectivity index (χ0n) is 23.3. The SMILES string of the molecule is O=Cc1ccc(C(=O)NCc2ccc(C(=O)N3CC(NC(=O)O[C@H]4CN5CCC4CC5)(c4ccccc4)C3)cc2)cc1. The van der Waals surface area contributed by atoms with Gasteiger partial charge in [-0.2, -0.15) is 0 Å². The molecular formula is C33H34N4O5. The van der Waals surface area contributed by atoms with Crippen molar-refractivity contribution in [2.75, 3.05) is 32.7 Å². The third kappa shape index (κ3) is 5.78. The van der Waals surface area contributed by atoms with Crippen LogP contribution >= 0.6 is 0 Å². The van der Waals surface area contributed by atoms with Gasteiger partial charge in [-0.15, -0.1) is 0 Å². The molecule has 0 unspecified atom stereocenters. The molecule has 3 amide bonds. The molecule has 9 nitrogen and oxygen atoms in total. The Morgan fingerprint density at radius 2 is 1.55 bits per heavy atom. The summed E-state index contributed by atoms with van der Waals surface area (Å²) in [6.45, 7) is 3.91. The van der Waals surface area contributed by atoms with Crippen molar-refractivity contribution in [3.63, 3.8) is 0 Å². The second-order valence-corrected chi connectivity index (χ2v) is 11.4. The summed E-state index contributed by atoms with van der Waals surface area (Å²) in [5.41, 5.74) is 2.58. The predicted octanol–water partition coefficient (Wildman–Crippen LogP) is 3.60. The lowest BCUT2D eigenvalue weighted by molar-refractivity contribution is -0.0404. The number of nitrogens with one attached hydrogen (secondary N) is 2. The number of benzene rings is 3. The molecule has 4 heterocycles. The van der Waals surface area contributed by atoms with Gasteiger partial charge in [-0.05, 0) is 67.2 Å². The van der Waals surface area contributed by atoms with Crippen molar-refractivity contribution in [2.24, 2.45) is 5.92 Å². The topological polar surface area (TPSA) is 108 Å². The van der Waals surface area contributed by atoms with Crippen LogP contribution < -0.4 is 10.6 Å². The second kappa shape index (κ2) is 11.8. The number of carbonyl (C=O) groups excluding carboxylic acids is 4. The Morgan fingerprint density at radius 3 is 2.17 bits per heavy atom. The van der Waals surface area contributed by atoms with E-state index in [2.05, 4.69) is 15.5 Å². The van der Waals surface area contributed by atoms with Gasteiger partial charge in [0.1, 0.15) is 17.9 Å². The van der Waals surface area contributed by atoms with E-state index >= 15 is 0 Å². The summed E-state index contributed by atoms with van der Waals surface area (Å²) in [6, 6.07) is 23.3. The van der Waals surface area contributed by atoms with Gasteiger partial charge in [0.2, 0.25) is 0 Å². The summed E-state index contributed by atoms with van der Waals surface area (Å²) in [7, 11) is 0. The molecule has 2 N–H and O–H groups in total. The minimum Gasteiger partial charge on any atom is -0.445 e. The summed E-state index contributed by atoms with van der Waals surface area (Å²) in [5, 5.41) is 5.97. The Balaban J connectivity index is 1.06. The maximum Gasteiger partial charge on any atom is 0.408 e. The summed E-state index contributed by atoms with van der Waals surface area (Å²) < 4.78 is 5.91. The van der Waals surface area contributed by atoms with Crippen LogP contribution in [0.15, 0.2) is 78.9 Å². The van der Waals surface area contributed by atoms with Crippen LogP contribution in [0.4, 0.5) is 4.79 Å². The first kappa shape index (κ1) is 27.7. The van der Waals surface area contributed by atoms with Crippen molar-refractivity contribution >= 4 is 24.2 Å². The number of hydrogen-bond acceptors (Lipinski definition) is 6. The number of nitrogens with zero attached hydrogens (tertiary/aromatic N) is 2. The van der Waals surface area contributed by atoms with Gasteiger partial charge in [0, 0.05) is 29.8 Å². The average Bonchev–Trinajstić information content (AvgIpc) is 3.02. The fraction of sp³-hybridized carbons (Fsp3) is 0.333. The molecule has 42 heavy (non-hydrogen) atoms. The summed E-state index contributed by atoms with van der Waals surface area (Å²) in [5.74, 6) is 0.0454. The van der Waals surface area contributed by atoms with Crippen LogP contribution in [-0.2, 0) is 16.8 Å². The maximum absolute atomic E-state index is 13.3. The minimum atomic E-state index is -0.712. The van der Waals surface area contributed by atoms with Crippen LogP contribution in [0.5, 0.6) is 0 Å². The van der Waals surface area contributed by atoms with Crippen molar-refractivity contribution in [2.45, 2.75) is 31.0 Å². The fourth-order valence-corrected chi connectivity index (χ4v) is 6.19. The number of likely N-dealkylation sites (tertiary alicyclic amines) is 1. The molecule has 4 aliphatic heterocycles. The predicted molar refractivity (Wildman–Crippen MR) is 156 cm³/mol. The van der Waals surface area contributed by atoms with Gasteiger partial charge in [0.25, 0.3) is 11.8 Å². The van der Waals surface area contributed by atoms with Gasteiger partial charge in [0.05, 0.1) is 13.1 Å². The first-order valence-corrected chi connectivity index (χ1v) is 14.4. The van der Waals surface area contributed by atoms with E-state index in [0.717, 1.165) is 49.9 Å². The first-order valence-electron chi connectivity index (χ1n) is 14.4. The van der Waals surface area contributed by atoms with E-state index in [9.17, 15) is 19.2 Å². The molecule has 3 aromatic rings. The summed E-state index contributed by atoms with van der Waals surface area (Å²) in [4.78, 5) is 53.7. The van der Waals surface area contributed by atoms with E-state index in [4.69, 9.17) is 4.74 Å². The molecule has 0 aromatic heterocycles. The van der Waals surface area contributed by atoms with Gasteiger partial charge in [-0.1, -0.05) is 54.6 Å². The highest BCUT2D eigenvalue weighted by molar-refractivity contribution is 5.96. The van der Waals surface area contributed by atoms with Crippen molar-refractivity contribution in [1.29, 1.82) is 0 Å². The summed E-state index contributed by atoms with van der Waals surface area (Å²) >= 11 is 0. The second-order valence-electron chi connectivity index (χ2n) is 11.4. The van der Waals surface area contributed by atoms with Crippen LogP contribution in [0, 0.1) is 5.92 Å². The summed E-state index contributed by atoms with van der Waals surface area (Å²) in [6.07, 6.45) is 2.33. The molecule has 4 fully saturated rings. The number of fused-ring (bicyclic) bond motifs is 3. The van der Waals surface area contributed by atoms with E-state index in [1.165, 1.54) is 0 Å². The average molecular weight is 567 g/mol. The lowest BCUT2D eigenvalue weighted by Crippen LogP contribution is -2.69. The van der Waals surface area contributed by atoms with E-state index in [0.29, 0.717) is 42.2 Å². The lowest BCUT2D eigenvalue weighted by Gasteiger charge is -2.51. The van der Waals surface area contributed by atoms with Crippen LogP contribution in [-0.4, -0.2) is 72.8 Å². The van der Waals surface area contributed by atoms with E-state index in [-0.39, 0.29) is 17.9 Å². The van der Waals surface area contributed by atoms with Gasteiger partial charge in [0.15, 0.2) is 0 Å². The quantitative estimate of drug-likeness (QED) is 0.404. The molecule has 216 valence electrons. The third-order valence-corrected chi connectivity index (χ3v) is 8.69. The Hall–Kier alpha value is -4.50. The largest absolute Gasteiger partial charge is 0.445 e. The molecule has 7 rings (SSSR count). The van der Waals surface area contributed by atoms with Gasteiger partial charge in [-0.25, -0.2) is 4.79 Å². The Morgan fingerprint density at radius 1 is 0.881 bits per heavy atom. The molecule has 4 aliphatic rings.